The maximum atomic E-state index is 12.3. The van der Waals surface area contributed by atoms with Gasteiger partial charge in [-0.3, -0.25) is 9.59 Å². The van der Waals surface area contributed by atoms with Gasteiger partial charge in [-0.05, 0) is 12.8 Å². The number of fused-ring (bicyclic) bond motifs is 2. The molecule has 1 amide bonds. The van der Waals surface area contributed by atoms with Gasteiger partial charge in [0.15, 0.2) is 0 Å². The monoisotopic (exact) mass is 237 g/mol. The molecule has 5 nitrogen and oxygen atoms in total. The zero-order valence-electron chi connectivity index (χ0n) is 9.41. The number of carbonyl (C=O) groups is 2. The SMILES string of the molecule is O=C(O)[C@@H]1[C@@H](C(=O)N2CCCC2)[C@H]2C=C[C@@H]1O2. The first-order valence-electron chi connectivity index (χ1n) is 6.04. The Morgan fingerprint density at radius 2 is 1.71 bits per heavy atom. The molecule has 0 unspecified atom stereocenters. The Kier molecular flexibility index (Phi) is 2.43. The van der Waals surface area contributed by atoms with Crippen molar-refractivity contribution in [3.8, 4) is 0 Å². The van der Waals surface area contributed by atoms with E-state index in [0.717, 1.165) is 25.9 Å². The molecular weight excluding hydrogens is 222 g/mol. The molecule has 0 aliphatic carbocycles. The molecule has 2 fully saturated rings. The van der Waals surface area contributed by atoms with Gasteiger partial charge in [0.1, 0.15) is 5.92 Å². The summed E-state index contributed by atoms with van der Waals surface area (Å²) in [5.74, 6) is -2.22. The van der Waals surface area contributed by atoms with E-state index >= 15 is 0 Å². The number of carbonyl (C=O) groups excluding carboxylic acids is 1. The molecule has 4 atom stereocenters. The van der Waals surface area contributed by atoms with Crippen LogP contribution in [0.4, 0.5) is 0 Å². The van der Waals surface area contributed by atoms with E-state index in [2.05, 4.69) is 0 Å². The minimum Gasteiger partial charge on any atom is -0.481 e. The lowest BCUT2D eigenvalue weighted by molar-refractivity contribution is -0.149. The fraction of sp³-hybridized carbons (Fsp3) is 0.667. The topological polar surface area (TPSA) is 66.8 Å². The number of rotatable bonds is 2. The molecule has 92 valence electrons. The zero-order valence-corrected chi connectivity index (χ0v) is 9.41. The molecular formula is C12H15NO4. The number of carboxylic acid groups (broad SMARTS) is 1. The molecule has 3 aliphatic heterocycles. The molecule has 0 spiro atoms. The van der Waals surface area contributed by atoms with Crippen LogP contribution in [-0.4, -0.2) is 47.2 Å². The average molecular weight is 237 g/mol. The lowest BCUT2D eigenvalue weighted by Crippen LogP contribution is -2.43. The molecule has 0 aromatic rings. The smallest absolute Gasteiger partial charge is 0.310 e. The van der Waals surface area contributed by atoms with Crippen LogP contribution >= 0.6 is 0 Å². The van der Waals surface area contributed by atoms with Crippen LogP contribution in [0.3, 0.4) is 0 Å². The fourth-order valence-corrected chi connectivity index (χ4v) is 3.05. The quantitative estimate of drug-likeness (QED) is 0.700. The lowest BCUT2D eigenvalue weighted by Gasteiger charge is -2.25. The third kappa shape index (κ3) is 1.57. The van der Waals surface area contributed by atoms with E-state index in [1.165, 1.54) is 0 Å². The van der Waals surface area contributed by atoms with Crippen molar-refractivity contribution in [1.82, 2.24) is 4.90 Å². The highest BCUT2D eigenvalue weighted by Crippen LogP contribution is 2.40. The highest BCUT2D eigenvalue weighted by Gasteiger charge is 2.54. The third-order valence-electron chi connectivity index (χ3n) is 3.89. The summed E-state index contributed by atoms with van der Waals surface area (Å²) in [4.78, 5) is 25.3. The molecule has 1 N–H and O–H groups in total. The number of ether oxygens (including phenoxy) is 1. The average Bonchev–Trinajstić information content (AvgIpc) is 3.02. The first-order valence-corrected chi connectivity index (χ1v) is 6.04. The van der Waals surface area contributed by atoms with Gasteiger partial charge >= 0.3 is 5.97 Å². The van der Waals surface area contributed by atoms with Crippen LogP contribution in [0.15, 0.2) is 12.2 Å². The normalized spacial score (nSPS) is 38.9. The van der Waals surface area contributed by atoms with Gasteiger partial charge in [0.05, 0.1) is 18.1 Å². The molecule has 17 heavy (non-hydrogen) atoms. The second kappa shape index (κ2) is 3.84. The molecule has 2 saturated heterocycles. The van der Waals surface area contributed by atoms with Gasteiger partial charge in [-0.25, -0.2) is 0 Å². The lowest BCUT2D eigenvalue weighted by atomic mass is 9.82. The van der Waals surface area contributed by atoms with Crippen molar-refractivity contribution in [3.63, 3.8) is 0 Å². The van der Waals surface area contributed by atoms with Crippen LogP contribution in [0, 0.1) is 11.8 Å². The van der Waals surface area contributed by atoms with Crippen LogP contribution in [0.25, 0.3) is 0 Å². The van der Waals surface area contributed by atoms with E-state index < -0.39 is 23.9 Å². The highest BCUT2D eigenvalue weighted by molar-refractivity contribution is 5.87. The molecule has 0 saturated carbocycles. The third-order valence-corrected chi connectivity index (χ3v) is 3.89. The summed E-state index contributed by atoms with van der Waals surface area (Å²) in [5, 5.41) is 9.21. The van der Waals surface area contributed by atoms with Gasteiger partial charge in [-0.2, -0.15) is 0 Å². The van der Waals surface area contributed by atoms with Crippen molar-refractivity contribution in [2.75, 3.05) is 13.1 Å². The Bertz CT molecular complexity index is 386. The molecule has 3 heterocycles. The summed E-state index contributed by atoms with van der Waals surface area (Å²) >= 11 is 0. The molecule has 5 heteroatoms. The fourth-order valence-electron chi connectivity index (χ4n) is 3.05. The first kappa shape index (κ1) is 10.8. The summed E-state index contributed by atoms with van der Waals surface area (Å²) in [6.07, 6.45) is 4.85. The summed E-state index contributed by atoms with van der Waals surface area (Å²) in [5.41, 5.74) is 0. The van der Waals surface area contributed by atoms with E-state index in [4.69, 9.17) is 4.74 Å². The number of amides is 1. The summed E-state index contributed by atoms with van der Waals surface area (Å²) in [6, 6.07) is 0. The van der Waals surface area contributed by atoms with E-state index in [1.807, 2.05) is 6.08 Å². The van der Waals surface area contributed by atoms with Gasteiger partial charge in [0.2, 0.25) is 5.91 Å². The molecule has 0 aromatic carbocycles. The molecule has 3 rings (SSSR count). The number of nitrogens with zero attached hydrogens (tertiary/aromatic N) is 1. The van der Waals surface area contributed by atoms with Crippen LogP contribution in [0.1, 0.15) is 12.8 Å². The minimum atomic E-state index is -0.931. The molecule has 0 aromatic heterocycles. The summed E-state index contributed by atoms with van der Waals surface area (Å²) < 4.78 is 5.50. The number of aliphatic carboxylic acids is 1. The van der Waals surface area contributed by atoms with Gasteiger partial charge in [0.25, 0.3) is 0 Å². The van der Waals surface area contributed by atoms with Gasteiger partial charge in [-0.1, -0.05) is 12.2 Å². The van der Waals surface area contributed by atoms with Crippen LogP contribution in [0.2, 0.25) is 0 Å². The van der Waals surface area contributed by atoms with E-state index in [-0.39, 0.29) is 12.0 Å². The van der Waals surface area contributed by atoms with Crippen molar-refractivity contribution >= 4 is 11.9 Å². The Balaban J connectivity index is 1.83. The van der Waals surface area contributed by atoms with Gasteiger partial charge in [-0.15, -0.1) is 0 Å². The summed E-state index contributed by atoms with van der Waals surface area (Å²) in [7, 11) is 0. The molecule has 0 radical (unpaired) electrons. The van der Waals surface area contributed by atoms with Crippen molar-refractivity contribution in [3.05, 3.63) is 12.2 Å². The maximum absolute atomic E-state index is 12.3. The van der Waals surface area contributed by atoms with E-state index in [0.29, 0.717) is 0 Å². The minimum absolute atomic E-state index is 0.0493. The zero-order chi connectivity index (χ0) is 12.0. The predicted octanol–water partition coefficient (Wildman–Crippen LogP) is 0.263. The Morgan fingerprint density at radius 1 is 1.12 bits per heavy atom. The number of hydrogen-bond acceptors (Lipinski definition) is 3. The van der Waals surface area contributed by atoms with Gasteiger partial charge in [0, 0.05) is 13.1 Å². The Hall–Kier alpha value is -1.36. The van der Waals surface area contributed by atoms with E-state index in [9.17, 15) is 14.7 Å². The van der Waals surface area contributed by atoms with Gasteiger partial charge < -0.3 is 14.7 Å². The predicted molar refractivity (Wildman–Crippen MR) is 58.2 cm³/mol. The van der Waals surface area contributed by atoms with Crippen molar-refractivity contribution in [2.24, 2.45) is 11.8 Å². The second-order valence-corrected chi connectivity index (χ2v) is 4.87. The number of carboxylic acids is 1. The van der Waals surface area contributed by atoms with Crippen LogP contribution in [0.5, 0.6) is 0 Å². The van der Waals surface area contributed by atoms with Crippen molar-refractivity contribution < 1.29 is 19.4 Å². The number of hydrogen-bond donors (Lipinski definition) is 1. The highest BCUT2D eigenvalue weighted by atomic mass is 16.5. The molecule has 2 bridgehead atoms. The molecule has 3 aliphatic rings. The maximum Gasteiger partial charge on any atom is 0.310 e. The second-order valence-electron chi connectivity index (χ2n) is 4.87. The van der Waals surface area contributed by atoms with Crippen LogP contribution < -0.4 is 0 Å². The number of likely N-dealkylation sites (tertiary alicyclic amines) is 1. The Labute approximate surface area is 99.0 Å². The van der Waals surface area contributed by atoms with Crippen molar-refractivity contribution in [1.29, 1.82) is 0 Å². The first-order chi connectivity index (χ1) is 8.18. The van der Waals surface area contributed by atoms with E-state index in [1.54, 1.807) is 11.0 Å². The standard InChI is InChI=1S/C12H15NO4/c14-11(13-5-1-2-6-13)9-7-3-4-8(17-7)10(9)12(15)16/h3-4,7-10H,1-2,5-6H2,(H,15,16)/t7-,8+,9+,10+/m1/s1. The van der Waals surface area contributed by atoms with Crippen molar-refractivity contribution in [2.45, 2.75) is 25.0 Å². The largest absolute Gasteiger partial charge is 0.481 e. The summed E-state index contributed by atoms with van der Waals surface area (Å²) in [6.45, 7) is 1.51. The Morgan fingerprint density at radius 3 is 2.29 bits per heavy atom. The van der Waals surface area contributed by atoms with Crippen LogP contribution in [-0.2, 0) is 14.3 Å².